The summed E-state index contributed by atoms with van der Waals surface area (Å²) in [4.78, 5) is 23.1. The van der Waals surface area contributed by atoms with Crippen LogP contribution in [-0.2, 0) is 6.42 Å². The number of aromatic carboxylic acids is 1. The predicted molar refractivity (Wildman–Crippen MR) is 113 cm³/mol. The Labute approximate surface area is 167 Å². The summed E-state index contributed by atoms with van der Waals surface area (Å²) in [6.07, 6.45) is 2.66. The molecule has 3 heterocycles. The minimum atomic E-state index is -1.01. The monoisotopic (exact) mass is 401 g/mol. The van der Waals surface area contributed by atoms with Crippen LogP contribution in [0.3, 0.4) is 0 Å². The summed E-state index contributed by atoms with van der Waals surface area (Å²) < 4.78 is 0. The lowest BCUT2D eigenvalue weighted by Crippen LogP contribution is -2.05. The van der Waals surface area contributed by atoms with E-state index in [0.29, 0.717) is 22.8 Å². The van der Waals surface area contributed by atoms with Crippen molar-refractivity contribution < 1.29 is 9.90 Å². The largest absolute Gasteiger partial charge is 0.478 e. The van der Waals surface area contributed by atoms with Gasteiger partial charge in [0.25, 0.3) is 0 Å². The van der Waals surface area contributed by atoms with Crippen LogP contribution < -0.4 is 5.32 Å². The van der Waals surface area contributed by atoms with Crippen LogP contribution in [0, 0.1) is 5.92 Å². The van der Waals surface area contributed by atoms with Gasteiger partial charge in [-0.2, -0.15) is 0 Å². The number of carboxylic acid groups (broad SMARTS) is 1. The zero-order chi connectivity index (χ0) is 19.6. The highest BCUT2D eigenvalue weighted by Crippen LogP contribution is 2.33. The number of carbonyl (C=O) groups is 1. The standard InChI is InChI=1S/C20H23N3O2S2/c1-11(2)8-16-17(12(3)4)22-20(27-16)23-18-14(19(24)25)9-13(10-21-18)15-6-5-7-26-15/h5-7,9-12H,8H2,1-4H3,(H,24,25)(H,21,22,23). The maximum Gasteiger partial charge on any atom is 0.339 e. The first-order valence-electron chi connectivity index (χ1n) is 8.89. The van der Waals surface area contributed by atoms with E-state index in [2.05, 4.69) is 38.0 Å². The first-order chi connectivity index (χ1) is 12.8. The second-order valence-electron chi connectivity index (χ2n) is 7.11. The van der Waals surface area contributed by atoms with E-state index in [1.807, 2.05) is 17.5 Å². The number of thiazole rings is 1. The van der Waals surface area contributed by atoms with Crippen molar-refractivity contribution in [1.82, 2.24) is 9.97 Å². The Morgan fingerprint density at radius 3 is 2.67 bits per heavy atom. The van der Waals surface area contributed by atoms with Gasteiger partial charge in [-0.15, -0.1) is 22.7 Å². The number of anilines is 2. The molecule has 0 fully saturated rings. The van der Waals surface area contributed by atoms with Gasteiger partial charge >= 0.3 is 5.97 Å². The number of nitrogens with one attached hydrogen (secondary N) is 1. The maximum atomic E-state index is 11.8. The first-order valence-corrected chi connectivity index (χ1v) is 10.6. The molecular formula is C20H23N3O2S2. The van der Waals surface area contributed by atoms with E-state index in [4.69, 9.17) is 4.98 Å². The summed E-state index contributed by atoms with van der Waals surface area (Å²) in [5, 5.41) is 15.4. The fourth-order valence-corrected chi connectivity index (χ4v) is 4.83. The Balaban J connectivity index is 1.94. The van der Waals surface area contributed by atoms with Crippen LogP contribution in [0.5, 0.6) is 0 Å². The molecular weight excluding hydrogens is 378 g/mol. The fraction of sp³-hybridized carbons (Fsp3) is 0.350. The number of nitrogens with zero attached hydrogens (tertiary/aromatic N) is 2. The molecule has 0 atom stereocenters. The third-order valence-corrected chi connectivity index (χ3v) is 5.95. The Kier molecular flexibility index (Phi) is 5.92. The van der Waals surface area contributed by atoms with Crippen LogP contribution >= 0.6 is 22.7 Å². The van der Waals surface area contributed by atoms with Crippen molar-refractivity contribution in [3.05, 3.63) is 45.9 Å². The van der Waals surface area contributed by atoms with E-state index < -0.39 is 5.97 Å². The van der Waals surface area contributed by atoms with E-state index in [0.717, 1.165) is 22.6 Å². The third kappa shape index (κ3) is 4.54. The van der Waals surface area contributed by atoms with Gasteiger partial charge in [0.1, 0.15) is 11.4 Å². The van der Waals surface area contributed by atoms with Crippen molar-refractivity contribution in [2.24, 2.45) is 5.92 Å². The van der Waals surface area contributed by atoms with Gasteiger partial charge in [-0.25, -0.2) is 14.8 Å². The van der Waals surface area contributed by atoms with E-state index in [-0.39, 0.29) is 5.56 Å². The minimum absolute atomic E-state index is 0.146. The van der Waals surface area contributed by atoms with E-state index >= 15 is 0 Å². The average Bonchev–Trinajstić information content (AvgIpc) is 3.24. The first kappa shape index (κ1) is 19.5. The van der Waals surface area contributed by atoms with Gasteiger partial charge in [-0.05, 0) is 35.8 Å². The lowest BCUT2D eigenvalue weighted by molar-refractivity contribution is 0.0697. The number of pyridine rings is 1. The van der Waals surface area contributed by atoms with Crippen molar-refractivity contribution in [3.8, 4) is 10.4 Å². The van der Waals surface area contributed by atoms with Crippen LogP contribution in [0.4, 0.5) is 10.9 Å². The van der Waals surface area contributed by atoms with E-state index in [9.17, 15) is 9.90 Å². The van der Waals surface area contributed by atoms with Gasteiger partial charge in [0, 0.05) is 21.5 Å². The average molecular weight is 402 g/mol. The molecule has 0 aliphatic rings. The van der Waals surface area contributed by atoms with E-state index in [1.165, 1.54) is 4.88 Å². The molecule has 0 radical (unpaired) electrons. The van der Waals surface area contributed by atoms with Gasteiger partial charge in [0.15, 0.2) is 5.13 Å². The topological polar surface area (TPSA) is 75.1 Å². The van der Waals surface area contributed by atoms with Crippen molar-refractivity contribution in [2.45, 2.75) is 40.0 Å². The lowest BCUT2D eigenvalue weighted by Gasteiger charge is -2.08. The molecule has 2 N–H and O–H groups in total. The Morgan fingerprint density at radius 1 is 1.30 bits per heavy atom. The molecule has 0 aromatic carbocycles. The van der Waals surface area contributed by atoms with Crippen molar-refractivity contribution >= 4 is 39.6 Å². The van der Waals surface area contributed by atoms with Crippen LogP contribution in [0.2, 0.25) is 0 Å². The summed E-state index contributed by atoms with van der Waals surface area (Å²) in [6.45, 7) is 8.62. The molecule has 0 aliphatic heterocycles. The second kappa shape index (κ2) is 8.19. The minimum Gasteiger partial charge on any atom is -0.478 e. The molecule has 0 aliphatic carbocycles. The summed E-state index contributed by atoms with van der Waals surface area (Å²) in [7, 11) is 0. The molecule has 0 saturated heterocycles. The highest BCUT2D eigenvalue weighted by atomic mass is 32.1. The Morgan fingerprint density at radius 2 is 2.07 bits per heavy atom. The molecule has 3 rings (SSSR count). The summed E-state index contributed by atoms with van der Waals surface area (Å²) in [5.41, 5.74) is 2.02. The molecule has 0 unspecified atom stereocenters. The van der Waals surface area contributed by atoms with Gasteiger partial charge in [-0.1, -0.05) is 33.8 Å². The molecule has 3 aromatic heterocycles. The van der Waals surface area contributed by atoms with Crippen molar-refractivity contribution in [1.29, 1.82) is 0 Å². The Hall–Kier alpha value is -2.25. The van der Waals surface area contributed by atoms with Gasteiger partial charge in [-0.3, -0.25) is 0 Å². The lowest BCUT2D eigenvalue weighted by atomic mass is 10.0. The molecule has 27 heavy (non-hydrogen) atoms. The molecule has 0 saturated carbocycles. The van der Waals surface area contributed by atoms with E-state index in [1.54, 1.807) is 34.9 Å². The smallest absolute Gasteiger partial charge is 0.339 e. The zero-order valence-electron chi connectivity index (χ0n) is 15.8. The van der Waals surface area contributed by atoms with Gasteiger partial charge in [0.05, 0.1) is 5.69 Å². The number of carboxylic acids is 1. The molecule has 0 bridgehead atoms. The number of rotatable bonds is 7. The summed E-state index contributed by atoms with van der Waals surface area (Å²) in [5.74, 6) is 0.168. The summed E-state index contributed by atoms with van der Waals surface area (Å²) in [6, 6.07) is 5.55. The van der Waals surface area contributed by atoms with Crippen molar-refractivity contribution in [2.75, 3.05) is 5.32 Å². The number of hydrogen-bond acceptors (Lipinski definition) is 6. The normalized spacial score (nSPS) is 11.3. The SMILES string of the molecule is CC(C)Cc1sc(Nc2ncc(-c3cccs3)cc2C(=O)O)nc1C(C)C. The highest BCUT2D eigenvalue weighted by Gasteiger charge is 2.19. The van der Waals surface area contributed by atoms with Crippen LogP contribution in [-0.4, -0.2) is 21.0 Å². The predicted octanol–water partition coefficient (Wildman–Crippen LogP) is 6.03. The molecule has 3 aromatic rings. The van der Waals surface area contributed by atoms with Gasteiger partial charge < -0.3 is 10.4 Å². The molecule has 5 nitrogen and oxygen atoms in total. The third-order valence-electron chi connectivity index (χ3n) is 4.02. The highest BCUT2D eigenvalue weighted by molar-refractivity contribution is 7.15. The second-order valence-corrected chi connectivity index (χ2v) is 9.14. The number of aromatic nitrogens is 2. The number of hydrogen-bond donors (Lipinski definition) is 2. The zero-order valence-corrected chi connectivity index (χ0v) is 17.4. The van der Waals surface area contributed by atoms with Crippen LogP contribution in [0.15, 0.2) is 29.8 Å². The van der Waals surface area contributed by atoms with Crippen LogP contribution in [0.1, 0.15) is 54.5 Å². The van der Waals surface area contributed by atoms with Gasteiger partial charge in [0.2, 0.25) is 0 Å². The molecule has 7 heteroatoms. The molecule has 0 spiro atoms. The van der Waals surface area contributed by atoms with Crippen LogP contribution in [0.25, 0.3) is 10.4 Å². The number of thiophene rings is 1. The van der Waals surface area contributed by atoms with Crippen molar-refractivity contribution in [3.63, 3.8) is 0 Å². The Bertz CT molecular complexity index is 931. The molecule has 0 amide bonds. The quantitative estimate of drug-likeness (QED) is 0.505. The summed E-state index contributed by atoms with van der Waals surface area (Å²) >= 11 is 3.14. The molecule has 142 valence electrons. The maximum absolute atomic E-state index is 11.8. The fourth-order valence-electron chi connectivity index (χ4n) is 2.79.